The maximum atomic E-state index is 11.1. The van der Waals surface area contributed by atoms with E-state index >= 15 is 0 Å². The molecule has 0 atom stereocenters. The zero-order valence-electron chi connectivity index (χ0n) is 11.8. The zero-order valence-corrected chi connectivity index (χ0v) is 12.6. The fourth-order valence-corrected chi connectivity index (χ4v) is 2.23. The van der Waals surface area contributed by atoms with Gasteiger partial charge in [-0.25, -0.2) is 9.97 Å². The summed E-state index contributed by atoms with van der Waals surface area (Å²) in [7, 11) is 0. The molecule has 0 aliphatic rings. The van der Waals surface area contributed by atoms with Crippen LogP contribution in [0.3, 0.4) is 0 Å². The summed E-state index contributed by atoms with van der Waals surface area (Å²) in [5.41, 5.74) is 1.35. The van der Waals surface area contributed by atoms with Crippen molar-refractivity contribution in [3.05, 3.63) is 50.9 Å². The number of rotatable bonds is 4. The summed E-state index contributed by atoms with van der Waals surface area (Å²) in [5.74, 6) is 0.396. The molecule has 1 aromatic carbocycles. The third-order valence-corrected chi connectivity index (χ3v) is 3.20. The number of hydrogen-bond donors (Lipinski definition) is 0. The first-order chi connectivity index (χ1) is 9.90. The molecule has 0 spiro atoms. The second-order valence-corrected chi connectivity index (χ2v) is 5.23. The lowest BCUT2D eigenvalue weighted by Gasteiger charge is -2.13. The number of aryl methyl sites for hydroxylation is 1. The topological polar surface area (TPSA) is 78.2 Å². The third kappa shape index (κ3) is 3.28. The highest BCUT2D eigenvalue weighted by molar-refractivity contribution is 6.30. The van der Waals surface area contributed by atoms with E-state index in [1.165, 1.54) is 12.4 Å². The molecule has 0 saturated carbocycles. The van der Waals surface area contributed by atoms with Crippen LogP contribution in [0, 0.1) is 17.0 Å². The van der Waals surface area contributed by atoms with Crippen LogP contribution in [0.4, 0.5) is 5.69 Å². The highest BCUT2D eigenvalue weighted by atomic mass is 35.5. The second-order valence-electron chi connectivity index (χ2n) is 4.87. The lowest BCUT2D eigenvalue weighted by Crippen LogP contribution is -2.01. The SMILES string of the molecule is Cc1ccc([N+](=O)[O-])c(Oc2ncnc(Cl)c2C(C)C)c1. The largest absolute Gasteiger partial charge is 0.431 e. The molecule has 0 aliphatic heterocycles. The van der Waals surface area contributed by atoms with Crippen molar-refractivity contribution in [1.82, 2.24) is 9.97 Å². The Hall–Kier alpha value is -2.21. The van der Waals surface area contributed by atoms with Gasteiger partial charge in [-0.2, -0.15) is 0 Å². The van der Waals surface area contributed by atoms with Crippen LogP contribution in [0.5, 0.6) is 11.6 Å². The average molecular weight is 308 g/mol. The highest BCUT2D eigenvalue weighted by Crippen LogP contribution is 2.36. The first kappa shape index (κ1) is 15.2. The van der Waals surface area contributed by atoms with Gasteiger partial charge in [-0.15, -0.1) is 0 Å². The van der Waals surface area contributed by atoms with Gasteiger partial charge in [0.25, 0.3) is 0 Å². The van der Waals surface area contributed by atoms with E-state index in [2.05, 4.69) is 9.97 Å². The molecule has 0 N–H and O–H groups in total. The number of nitro benzene ring substituents is 1. The maximum Gasteiger partial charge on any atom is 0.311 e. The highest BCUT2D eigenvalue weighted by Gasteiger charge is 2.20. The van der Waals surface area contributed by atoms with Crippen LogP contribution < -0.4 is 4.74 Å². The second kappa shape index (κ2) is 6.05. The number of ether oxygens (including phenoxy) is 1. The Balaban J connectivity index is 2.50. The van der Waals surface area contributed by atoms with E-state index in [-0.39, 0.29) is 28.4 Å². The first-order valence-electron chi connectivity index (χ1n) is 6.33. The fraction of sp³-hybridized carbons (Fsp3) is 0.286. The standard InChI is InChI=1S/C14H14ClN3O3/c1-8(2)12-13(15)16-7-17-14(12)21-11-6-9(3)4-5-10(11)18(19)20/h4-8H,1-3H3. The molecular formula is C14H14ClN3O3. The van der Waals surface area contributed by atoms with Crippen molar-refractivity contribution in [2.24, 2.45) is 0 Å². The molecule has 0 unspecified atom stereocenters. The average Bonchev–Trinajstić information content (AvgIpc) is 2.37. The van der Waals surface area contributed by atoms with Crippen LogP contribution in [0.15, 0.2) is 24.5 Å². The first-order valence-corrected chi connectivity index (χ1v) is 6.71. The predicted molar refractivity (Wildman–Crippen MR) is 79.0 cm³/mol. The molecule has 6 nitrogen and oxygen atoms in total. The predicted octanol–water partition coefficient (Wildman–Crippen LogP) is 4.26. The van der Waals surface area contributed by atoms with Crippen LogP contribution >= 0.6 is 11.6 Å². The molecule has 0 saturated heterocycles. The fourth-order valence-electron chi connectivity index (χ4n) is 1.88. The summed E-state index contributed by atoms with van der Waals surface area (Å²) in [6.45, 7) is 5.66. The molecule has 0 bridgehead atoms. The van der Waals surface area contributed by atoms with Crippen molar-refractivity contribution in [2.45, 2.75) is 26.7 Å². The Morgan fingerprint density at radius 1 is 1.33 bits per heavy atom. The van der Waals surface area contributed by atoms with Gasteiger partial charge in [0.05, 0.1) is 10.5 Å². The van der Waals surface area contributed by atoms with Crippen molar-refractivity contribution >= 4 is 17.3 Å². The molecule has 0 fully saturated rings. The number of nitrogens with zero attached hydrogens (tertiary/aromatic N) is 3. The Labute approximate surface area is 126 Å². The summed E-state index contributed by atoms with van der Waals surface area (Å²) in [5, 5.41) is 11.4. The van der Waals surface area contributed by atoms with Gasteiger partial charge in [0.1, 0.15) is 11.5 Å². The summed E-state index contributed by atoms with van der Waals surface area (Å²) in [4.78, 5) is 18.5. The Kier molecular flexibility index (Phi) is 4.37. The van der Waals surface area contributed by atoms with Crippen LogP contribution in [0.1, 0.15) is 30.9 Å². The van der Waals surface area contributed by atoms with Gasteiger partial charge in [0.2, 0.25) is 11.6 Å². The van der Waals surface area contributed by atoms with Gasteiger partial charge in [-0.3, -0.25) is 10.1 Å². The molecule has 0 amide bonds. The number of nitro groups is 1. The normalized spacial score (nSPS) is 10.7. The van der Waals surface area contributed by atoms with Crippen LogP contribution in [-0.2, 0) is 0 Å². The zero-order chi connectivity index (χ0) is 15.6. The molecule has 2 rings (SSSR count). The van der Waals surface area contributed by atoms with Crippen molar-refractivity contribution < 1.29 is 9.66 Å². The van der Waals surface area contributed by atoms with Gasteiger partial charge in [-0.05, 0) is 24.5 Å². The Bertz CT molecular complexity index is 689. The molecule has 1 aromatic heterocycles. The van der Waals surface area contributed by atoms with Crippen LogP contribution in [0.2, 0.25) is 5.15 Å². The van der Waals surface area contributed by atoms with Gasteiger partial charge < -0.3 is 4.74 Å². The summed E-state index contributed by atoms with van der Waals surface area (Å²) >= 11 is 6.06. The number of benzene rings is 1. The van der Waals surface area contributed by atoms with Gasteiger partial charge in [-0.1, -0.05) is 31.5 Å². The van der Waals surface area contributed by atoms with Gasteiger partial charge in [0.15, 0.2) is 0 Å². The molecule has 21 heavy (non-hydrogen) atoms. The maximum absolute atomic E-state index is 11.1. The molecular weight excluding hydrogens is 294 g/mol. The minimum absolute atomic E-state index is 0.0255. The van der Waals surface area contributed by atoms with Crippen molar-refractivity contribution in [2.75, 3.05) is 0 Å². The molecule has 1 heterocycles. The molecule has 0 radical (unpaired) electrons. The smallest absolute Gasteiger partial charge is 0.311 e. The molecule has 7 heteroatoms. The Morgan fingerprint density at radius 3 is 2.67 bits per heavy atom. The van der Waals surface area contributed by atoms with Crippen LogP contribution in [0.25, 0.3) is 0 Å². The molecule has 0 aliphatic carbocycles. The minimum atomic E-state index is -0.493. The van der Waals surface area contributed by atoms with Gasteiger partial charge >= 0.3 is 5.69 Å². The van der Waals surface area contributed by atoms with E-state index in [9.17, 15) is 10.1 Å². The summed E-state index contributed by atoms with van der Waals surface area (Å²) < 4.78 is 5.65. The van der Waals surface area contributed by atoms with E-state index < -0.39 is 4.92 Å². The van der Waals surface area contributed by atoms with E-state index in [1.54, 1.807) is 12.1 Å². The number of hydrogen-bond acceptors (Lipinski definition) is 5. The van der Waals surface area contributed by atoms with Gasteiger partial charge in [0, 0.05) is 6.07 Å². The molecule has 2 aromatic rings. The summed E-state index contributed by atoms with van der Waals surface area (Å²) in [6, 6.07) is 4.65. The molecule has 110 valence electrons. The van der Waals surface area contributed by atoms with Crippen molar-refractivity contribution in [3.8, 4) is 11.6 Å². The monoisotopic (exact) mass is 307 g/mol. The van der Waals surface area contributed by atoms with Crippen molar-refractivity contribution in [1.29, 1.82) is 0 Å². The third-order valence-electron chi connectivity index (χ3n) is 2.89. The summed E-state index contributed by atoms with van der Waals surface area (Å²) in [6.07, 6.45) is 1.27. The Morgan fingerprint density at radius 2 is 2.05 bits per heavy atom. The number of aromatic nitrogens is 2. The van der Waals surface area contributed by atoms with E-state index in [4.69, 9.17) is 16.3 Å². The van der Waals surface area contributed by atoms with Crippen molar-refractivity contribution in [3.63, 3.8) is 0 Å². The van der Waals surface area contributed by atoms with E-state index in [0.717, 1.165) is 5.56 Å². The lowest BCUT2D eigenvalue weighted by molar-refractivity contribution is -0.385. The van der Waals surface area contributed by atoms with E-state index in [0.29, 0.717) is 5.56 Å². The van der Waals surface area contributed by atoms with E-state index in [1.807, 2.05) is 20.8 Å². The van der Waals surface area contributed by atoms with Crippen LogP contribution in [-0.4, -0.2) is 14.9 Å². The number of halogens is 1. The lowest BCUT2D eigenvalue weighted by atomic mass is 10.1. The minimum Gasteiger partial charge on any atom is -0.431 e. The quantitative estimate of drug-likeness (QED) is 0.479.